The van der Waals surface area contributed by atoms with Crippen molar-refractivity contribution in [1.82, 2.24) is 9.55 Å². The van der Waals surface area contributed by atoms with Gasteiger partial charge in [0, 0.05) is 23.3 Å². The van der Waals surface area contributed by atoms with Gasteiger partial charge in [0.1, 0.15) is 5.65 Å². The van der Waals surface area contributed by atoms with Gasteiger partial charge in [0.15, 0.2) is 0 Å². The largest absolute Gasteiger partial charge is 0.316 e. The standard InChI is InChI=1S/C21H23N3/c22-20(17-9-4-5-10-17)24-15-18(19-11-6-14-23-21(19)24)13-12-16-7-2-1-3-8-16/h1-3,6-8,11-15,17,20H,4-5,9-10,22H2/b13-12+. The summed E-state index contributed by atoms with van der Waals surface area (Å²) in [4.78, 5) is 4.60. The lowest BCUT2D eigenvalue weighted by Crippen LogP contribution is -2.25. The molecule has 2 N–H and O–H groups in total. The zero-order valence-electron chi connectivity index (χ0n) is 13.8. The number of nitrogens with zero attached hydrogens (tertiary/aromatic N) is 2. The third-order valence-electron chi connectivity index (χ3n) is 5.08. The first kappa shape index (κ1) is 15.2. The second kappa shape index (κ2) is 6.62. The Morgan fingerprint density at radius 1 is 1.04 bits per heavy atom. The highest BCUT2D eigenvalue weighted by atomic mass is 15.1. The van der Waals surface area contributed by atoms with Crippen molar-refractivity contribution >= 4 is 23.2 Å². The molecule has 0 saturated heterocycles. The van der Waals surface area contributed by atoms with Gasteiger partial charge in [-0.2, -0.15) is 0 Å². The van der Waals surface area contributed by atoms with E-state index in [1.807, 2.05) is 18.3 Å². The summed E-state index contributed by atoms with van der Waals surface area (Å²) in [6.07, 6.45) is 13.4. The zero-order valence-corrected chi connectivity index (χ0v) is 13.8. The highest BCUT2D eigenvalue weighted by molar-refractivity contribution is 5.90. The van der Waals surface area contributed by atoms with Gasteiger partial charge in [-0.1, -0.05) is 55.3 Å². The van der Waals surface area contributed by atoms with E-state index in [4.69, 9.17) is 5.73 Å². The Morgan fingerprint density at radius 2 is 1.83 bits per heavy atom. The van der Waals surface area contributed by atoms with Crippen molar-refractivity contribution in [3.63, 3.8) is 0 Å². The van der Waals surface area contributed by atoms with Crippen LogP contribution >= 0.6 is 0 Å². The van der Waals surface area contributed by atoms with E-state index in [0.717, 1.165) is 11.0 Å². The molecule has 4 rings (SSSR count). The predicted molar refractivity (Wildman–Crippen MR) is 100 cm³/mol. The molecule has 0 spiro atoms. The minimum atomic E-state index is 0.0174. The Labute approximate surface area is 142 Å². The Morgan fingerprint density at radius 3 is 2.62 bits per heavy atom. The average Bonchev–Trinajstić information content (AvgIpc) is 3.29. The first-order chi connectivity index (χ1) is 11.8. The summed E-state index contributed by atoms with van der Waals surface area (Å²) in [6.45, 7) is 0. The molecule has 1 saturated carbocycles. The van der Waals surface area contributed by atoms with Gasteiger partial charge in [0.25, 0.3) is 0 Å². The van der Waals surface area contributed by atoms with Gasteiger partial charge < -0.3 is 10.3 Å². The number of rotatable bonds is 4. The van der Waals surface area contributed by atoms with Crippen molar-refractivity contribution in [2.45, 2.75) is 31.8 Å². The predicted octanol–water partition coefficient (Wildman–Crippen LogP) is 4.85. The highest BCUT2D eigenvalue weighted by Crippen LogP contribution is 2.34. The van der Waals surface area contributed by atoms with Crippen molar-refractivity contribution in [3.05, 3.63) is 66.0 Å². The van der Waals surface area contributed by atoms with E-state index in [-0.39, 0.29) is 6.17 Å². The Hall–Kier alpha value is -2.39. The first-order valence-electron chi connectivity index (χ1n) is 8.77. The second-order valence-electron chi connectivity index (χ2n) is 6.65. The molecule has 3 heteroatoms. The van der Waals surface area contributed by atoms with E-state index in [9.17, 15) is 0 Å². The van der Waals surface area contributed by atoms with Crippen LogP contribution in [0, 0.1) is 5.92 Å². The average molecular weight is 317 g/mol. The molecule has 122 valence electrons. The van der Waals surface area contributed by atoms with Gasteiger partial charge in [-0.3, -0.25) is 0 Å². The molecule has 1 aliphatic carbocycles. The fraction of sp³-hybridized carbons (Fsp3) is 0.286. The maximum atomic E-state index is 6.59. The summed E-state index contributed by atoms with van der Waals surface area (Å²) >= 11 is 0. The summed E-state index contributed by atoms with van der Waals surface area (Å²) in [5.74, 6) is 0.563. The Kier molecular flexibility index (Phi) is 4.18. The number of pyridine rings is 1. The number of nitrogens with two attached hydrogens (primary N) is 1. The number of hydrogen-bond acceptors (Lipinski definition) is 2. The van der Waals surface area contributed by atoms with Crippen LogP contribution in [0.4, 0.5) is 0 Å². The van der Waals surface area contributed by atoms with Gasteiger partial charge in [0.2, 0.25) is 0 Å². The molecular weight excluding hydrogens is 294 g/mol. The van der Waals surface area contributed by atoms with Crippen molar-refractivity contribution in [2.24, 2.45) is 11.7 Å². The smallest absolute Gasteiger partial charge is 0.141 e. The molecule has 3 nitrogen and oxygen atoms in total. The Balaban J connectivity index is 1.72. The van der Waals surface area contributed by atoms with E-state index in [1.165, 1.54) is 36.8 Å². The molecule has 1 atom stereocenters. The van der Waals surface area contributed by atoms with Crippen LogP contribution in [-0.2, 0) is 0 Å². The minimum absolute atomic E-state index is 0.0174. The van der Waals surface area contributed by atoms with E-state index in [2.05, 4.69) is 58.2 Å². The molecule has 0 aliphatic heterocycles. The molecule has 2 aromatic heterocycles. The fourth-order valence-electron chi connectivity index (χ4n) is 3.74. The van der Waals surface area contributed by atoms with Crippen molar-refractivity contribution < 1.29 is 0 Å². The van der Waals surface area contributed by atoms with Crippen molar-refractivity contribution in [1.29, 1.82) is 0 Å². The van der Waals surface area contributed by atoms with Crippen molar-refractivity contribution in [2.75, 3.05) is 0 Å². The molecule has 0 amide bonds. The SMILES string of the molecule is NC(C1CCCC1)n1cc(/C=C/c2ccccc2)c2cccnc21. The molecule has 3 aromatic rings. The van der Waals surface area contributed by atoms with Gasteiger partial charge in [-0.25, -0.2) is 4.98 Å². The topological polar surface area (TPSA) is 43.8 Å². The zero-order chi connectivity index (χ0) is 16.4. The maximum Gasteiger partial charge on any atom is 0.141 e. The van der Waals surface area contributed by atoms with Gasteiger partial charge in [-0.05, 0) is 36.5 Å². The van der Waals surface area contributed by atoms with E-state index in [0.29, 0.717) is 5.92 Å². The van der Waals surface area contributed by atoms with Crippen LogP contribution in [-0.4, -0.2) is 9.55 Å². The van der Waals surface area contributed by atoms with Gasteiger partial charge in [-0.15, -0.1) is 0 Å². The van der Waals surface area contributed by atoms with Crippen LogP contribution in [0.1, 0.15) is 43.0 Å². The second-order valence-corrected chi connectivity index (χ2v) is 6.65. The van der Waals surface area contributed by atoms with Crippen LogP contribution in [0.2, 0.25) is 0 Å². The van der Waals surface area contributed by atoms with Gasteiger partial charge >= 0.3 is 0 Å². The van der Waals surface area contributed by atoms with E-state index in [1.54, 1.807) is 0 Å². The summed E-state index contributed by atoms with van der Waals surface area (Å²) in [5.41, 5.74) is 9.95. The third-order valence-corrected chi connectivity index (χ3v) is 5.08. The number of benzene rings is 1. The van der Waals surface area contributed by atoms with E-state index >= 15 is 0 Å². The molecule has 2 heterocycles. The lowest BCUT2D eigenvalue weighted by Gasteiger charge is -2.21. The molecule has 1 aromatic carbocycles. The third kappa shape index (κ3) is 2.87. The van der Waals surface area contributed by atoms with Crippen LogP contribution in [0.25, 0.3) is 23.2 Å². The maximum absolute atomic E-state index is 6.59. The summed E-state index contributed by atoms with van der Waals surface area (Å²) in [5, 5.41) is 1.16. The quantitative estimate of drug-likeness (QED) is 0.747. The monoisotopic (exact) mass is 317 g/mol. The molecular formula is C21H23N3. The molecule has 0 bridgehead atoms. The van der Waals surface area contributed by atoms with Gasteiger partial charge in [0.05, 0.1) is 6.17 Å². The minimum Gasteiger partial charge on any atom is -0.316 e. The van der Waals surface area contributed by atoms with Crippen LogP contribution in [0.3, 0.4) is 0 Å². The lowest BCUT2D eigenvalue weighted by atomic mass is 10.1. The van der Waals surface area contributed by atoms with Crippen LogP contribution in [0.5, 0.6) is 0 Å². The highest BCUT2D eigenvalue weighted by Gasteiger charge is 2.25. The van der Waals surface area contributed by atoms with E-state index < -0.39 is 0 Å². The molecule has 1 aliphatic rings. The Bertz CT molecular complexity index is 842. The summed E-state index contributed by atoms with van der Waals surface area (Å²) in [7, 11) is 0. The molecule has 1 unspecified atom stereocenters. The number of fused-ring (bicyclic) bond motifs is 1. The normalized spacial score (nSPS) is 17.0. The summed E-state index contributed by atoms with van der Waals surface area (Å²) in [6, 6.07) is 14.5. The molecule has 24 heavy (non-hydrogen) atoms. The van der Waals surface area contributed by atoms with Crippen LogP contribution < -0.4 is 5.73 Å². The number of aromatic nitrogens is 2. The lowest BCUT2D eigenvalue weighted by molar-refractivity contribution is 0.351. The number of hydrogen-bond donors (Lipinski definition) is 1. The first-order valence-corrected chi connectivity index (χ1v) is 8.77. The molecule has 0 radical (unpaired) electrons. The fourth-order valence-corrected chi connectivity index (χ4v) is 3.74. The van der Waals surface area contributed by atoms with Crippen molar-refractivity contribution in [3.8, 4) is 0 Å². The van der Waals surface area contributed by atoms with Crippen LogP contribution in [0.15, 0.2) is 54.9 Å². The molecule has 1 fully saturated rings. The summed E-state index contributed by atoms with van der Waals surface area (Å²) < 4.78 is 2.18.